The minimum atomic E-state index is -0.688. The third-order valence-corrected chi connectivity index (χ3v) is 7.94. The lowest BCUT2D eigenvalue weighted by molar-refractivity contribution is -0.127. The monoisotopic (exact) mass is 507 g/mol. The van der Waals surface area contributed by atoms with Crippen LogP contribution in [0.25, 0.3) is 0 Å². The van der Waals surface area contributed by atoms with Gasteiger partial charge < -0.3 is 20.9 Å². The maximum atomic E-state index is 13.8. The van der Waals surface area contributed by atoms with Crippen LogP contribution in [-0.2, 0) is 16.0 Å². The van der Waals surface area contributed by atoms with Crippen molar-refractivity contribution in [1.82, 2.24) is 15.6 Å². The number of benzene rings is 1. The van der Waals surface area contributed by atoms with Crippen molar-refractivity contribution >= 4 is 28.9 Å². The number of aromatic nitrogens is 1. The number of Topliss-reactive ketones (excluding diaryl/α,β-unsaturated/α-hetero) is 1. The van der Waals surface area contributed by atoms with E-state index in [1.165, 1.54) is 6.07 Å². The predicted molar refractivity (Wildman–Crippen MR) is 144 cm³/mol. The van der Waals surface area contributed by atoms with Gasteiger partial charge in [0.25, 0.3) is 0 Å². The fraction of sp³-hybridized carbons (Fsp3) is 0.517. The first-order valence-corrected chi connectivity index (χ1v) is 13.5. The van der Waals surface area contributed by atoms with Gasteiger partial charge in [0.15, 0.2) is 5.78 Å². The largest absolute Gasteiger partial charge is 0.344 e. The molecule has 1 aromatic heterocycles. The number of pyridine rings is 1. The molecule has 2 aromatic rings. The van der Waals surface area contributed by atoms with Gasteiger partial charge in [-0.2, -0.15) is 0 Å². The van der Waals surface area contributed by atoms with Gasteiger partial charge in [-0.3, -0.25) is 9.59 Å². The Kier molecular flexibility index (Phi) is 8.69. The van der Waals surface area contributed by atoms with E-state index in [9.17, 15) is 14.0 Å². The third-order valence-electron chi connectivity index (χ3n) is 7.94. The lowest BCUT2D eigenvalue weighted by atomic mass is 9.78. The number of halogens is 1. The van der Waals surface area contributed by atoms with Crippen molar-refractivity contribution in [1.29, 1.82) is 5.41 Å². The molecule has 37 heavy (non-hydrogen) atoms. The number of anilines is 2. The molecule has 0 saturated heterocycles. The minimum absolute atomic E-state index is 0.0246. The Hall–Kier alpha value is -3.13. The number of rotatable bonds is 10. The van der Waals surface area contributed by atoms with Crippen molar-refractivity contribution in [3.8, 4) is 0 Å². The second-order valence-electron chi connectivity index (χ2n) is 10.3. The average Bonchev–Trinajstić information content (AvgIpc) is 3.34. The summed E-state index contributed by atoms with van der Waals surface area (Å²) in [7, 11) is 1.72. The van der Waals surface area contributed by atoms with E-state index >= 15 is 0 Å². The Labute approximate surface area is 218 Å². The SMILES string of the molecule is CC[C@H](C(=N)C(=O)[C@@H](NC(=O)[C@H](C)NC)C1CCCCC1)c1ccnc(N2CCc3cc(F)ccc32)c1. The van der Waals surface area contributed by atoms with Gasteiger partial charge in [-0.25, -0.2) is 9.37 Å². The molecule has 0 radical (unpaired) electrons. The van der Waals surface area contributed by atoms with E-state index in [0.717, 1.165) is 61.2 Å². The Balaban J connectivity index is 1.58. The maximum absolute atomic E-state index is 13.8. The highest BCUT2D eigenvalue weighted by molar-refractivity contribution is 6.42. The number of carbonyl (C=O) groups is 2. The summed E-state index contributed by atoms with van der Waals surface area (Å²) in [6.45, 7) is 4.43. The number of hydrogen-bond donors (Lipinski definition) is 3. The van der Waals surface area contributed by atoms with Gasteiger partial charge >= 0.3 is 0 Å². The molecule has 4 rings (SSSR count). The quantitative estimate of drug-likeness (QED) is 0.406. The zero-order valence-electron chi connectivity index (χ0n) is 22.0. The molecular formula is C29H38FN5O2. The summed E-state index contributed by atoms with van der Waals surface area (Å²) in [5.74, 6) is -0.403. The van der Waals surface area contributed by atoms with Crippen LogP contribution in [0.15, 0.2) is 36.5 Å². The fourth-order valence-corrected chi connectivity index (χ4v) is 5.63. The van der Waals surface area contributed by atoms with Crippen molar-refractivity contribution in [3.63, 3.8) is 0 Å². The number of amides is 1. The first kappa shape index (κ1) is 26.9. The summed E-state index contributed by atoms with van der Waals surface area (Å²) in [4.78, 5) is 33.1. The van der Waals surface area contributed by atoms with Gasteiger partial charge in [-0.1, -0.05) is 26.2 Å². The van der Waals surface area contributed by atoms with E-state index in [1.54, 1.807) is 32.3 Å². The van der Waals surface area contributed by atoms with Crippen LogP contribution in [0.3, 0.4) is 0 Å². The molecule has 1 aliphatic carbocycles. The summed E-state index contributed by atoms with van der Waals surface area (Å²) < 4.78 is 13.7. The van der Waals surface area contributed by atoms with Crippen LogP contribution >= 0.6 is 0 Å². The average molecular weight is 508 g/mol. The molecule has 3 N–H and O–H groups in total. The Morgan fingerprint density at radius 3 is 2.65 bits per heavy atom. The standard InChI is InChI=1S/C29H38FN5O2/c1-4-23(20-12-14-33-25(17-20)35-15-13-21-16-22(30)10-11-24(21)35)26(31)28(36)27(19-8-6-5-7-9-19)34-29(37)18(2)32-3/h10-12,14,16-19,23,27,31-32H,4-9,13,15H2,1-3H3,(H,34,37)/t18-,23-,27-/m0/s1. The third kappa shape index (κ3) is 5.90. The van der Waals surface area contributed by atoms with Crippen molar-refractivity contribution < 1.29 is 14.0 Å². The Morgan fingerprint density at radius 1 is 1.19 bits per heavy atom. The lowest BCUT2D eigenvalue weighted by Crippen LogP contribution is -2.53. The maximum Gasteiger partial charge on any atom is 0.237 e. The van der Waals surface area contributed by atoms with Gasteiger partial charge in [-0.05, 0) is 87.0 Å². The molecular weight excluding hydrogens is 469 g/mol. The van der Waals surface area contributed by atoms with E-state index in [-0.39, 0.29) is 29.1 Å². The Bertz CT molecular complexity index is 1150. The van der Waals surface area contributed by atoms with E-state index in [0.29, 0.717) is 13.0 Å². The van der Waals surface area contributed by atoms with Gasteiger partial charge in [0.05, 0.1) is 17.8 Å². The second kappa shape index (κ2) is 11.9. The first-order chi connectivity index (χ1) is 17.8. The number of fused-ring (bicyclic) bond motifs is 1. The van der Waals surface area contributed by atoms with E-state index in [2.05, 4.69) is 20.5 Å². The van der Waals surface area contributed by atoms with Crippen molar-refractivity contribution in [2.75, 3.05) is 18.5 Å². The molecule has 7 nitrogen and oxygen atoms in total. The molecule has 2 aliphatic rings. The van der Waals surface area contributed by atoms with Crippen LogP contribution < -0.4 is 15.5 Å². The smallest absolute Gasteiger partial charge is 0.237 e. The Morgan fingerprint density at radius 2 is 1.95 bits per heavy atom. The van der Waals surface area contributed by atoms with Gasteiger partial charge in [0.1, 0.15) is 11.6 Å². The van der Waals surface area contributed by atoms with Crippen LogP contribution in [0.2, 0.25) is 0 Å². The molecule has 3 atom stereocenters. The zero-order chi connectivity index (χ0) is 26.5. The minimum Gasteiger partial charge on any atom is -0.344 e. The van der Waals surface area contributed by atoms with Crippen LogP contribution in [-0.4, -0.2) is 48.1 Å². The van der Waals surface area contributed by atoms with E-state index in [4.69, 9.17) is 5.41 Å². The van der Waals surface area contributed by atoms with Crippen LogP contribution in [0.4, 0.5) is 15.9 Å². The fourth-order valence-electron chi connectivity index (χ4n) is 5.63. The highest BCUT2D eigenvalue weighted by Crippen LogP contribution is 2.36. The number of ketones is 1. The van der Waals surface area contributed by atoms with E-state index in [1.807, 2.05) is 19.1 Å². The topological polar surface area (TPSA) is 98.2 Å². The van der Waals surface area contributed by atoms with Crippen molar-refractivity contribution in [2.24, 2.45) is 5.92 Å². The number of nitrogens with one attached hydrogen (secondary N) is 3. The number of hydrogen-bond acceptors (Lipinski definition) is 6. The molecule has 2 heterocycles. The van der Waals surface area contributed by atoms with Gasteiger partial charge in [0.2, 0.25) is 5.91 Å². The highest BCUT2D eigenvalue weighted by Gasteiger charge is 2.36. The molecule has 0 unspecified atom stereocenters. The molecule has 0 spiro atoms. The molecule has 8 heteroatoms. The zero-order valence-corrected chi connectivity index (χ0v) is 22.0. The molecule has 1 saturated carbocycles. The summed E-state index contributed by atoms with van der Waals surface area (Å²) in [5.41, 5.74) is 2.75. The van der Waals surface area contributed by atoms with Gasteiger partial charge in [-0.15, -0.1) is 0 Å². The number of nitrogens with zero attached hydrogens (tertiary/aromatic N) is 2. The van der Waals surface area contributed by atoms with Crippen LogP contribution in [0.1, 0.15) is 69.4 Å². The number of likely N-dealkylation sites (N-methyl/N-ethyl adjacent to an activating group) is 1. The molecule has 198 valence electrons. The lowest BCUT2D eigenvalue weighted by Gasteiger charge is -2.32. The van der Waals surface area contributed by atoms with Crippen molar-refractivity contribution in [3.05, 3.63) is 53.5 Å². The molecule has 1 fully saturated rings. The summed E-state index contributed by atoms with van der Waals surface area (Å²) in [6, 6.07) is 7.49. The first-order valence-electron chi connectivity index (χ1n) is 13.5. The number of carbonyl (C=O) groups excluding carboxylic acids is 2. The van der Waals surface area contributed by atoms with E-state index < -0.39 is 18.0 Å². The summed E-state index contributed by atoms with van der Waals surface area (Å²) in [5, 5.41) is 14.9. The molecule has 1 aliphatic heterocycles. The molecule has 0 bridgehead atoms. The summed E-state index contributed by atoms with van der Waals surface area (Å²) in [6.07, 6.45) is 7.98. The predicted octanol–water partition coefficient (Wildman–Crippen LogP) is 4.67. The second-order valence-corrected chi connectivity index (χ2v) is 10.3. The van der Waals surface area contributed by atoms with Crippen LogP contribution in [0.5, 0.6) is 0 Å². The normalized spacial score (nSPS) is 18.1. The van der Waals surface area contributed by atoms with Gasteiger partial charge in [0, 0.05) is 24.3 Å². The molecule has 1 aromatic carbocycles. The summed E-state index contributed by atoms with van der Waals surface area (Å²) >= 11 is 0. The van der Waals surface area contributed by atoms with Crippen LogP contribution in [0, 0.1) is 17.1 Å². The van der Waals surface area contributed by atoms with Crippen molar-refractivity contribution in [2.45, 2.75) is 76.8 Å². The highest BCUT2D eigenvalue weighted by atomic mass is 19.1. The molecule has 1 amide bonds.